The van der Waals surface area contributed by atoms with Crippen LogP contribution in [-0.4, -0.2) is 34.4 Å². The summed E-state index contributed by atoms with van der Waals surface area (Å²) in [6.45, 7) is 3.27. The molecule has 62 valence electrons. The van der Waals surface area contributed by atoms with Gasteiger partial charge >= 0.3 is 0 Å². The van der Waals surface area contributed by atoms with E-state index in [1.165, 1.54) is 6.33 Å². The molecule has 0 saturated carbocycles. The third-order valence-corrected chi connectivity index (χ3v) is 1.31. The number of nitrogens with one attached hydrogen (secondary N) is 1. The van der Waals surface area contributed by atoms with Gasteiger partial charge in [-0.1, -0.05) is 0 Å². The summed E-state index contributed by atoms with van der Waals surface area (Å²) in [6.07, 6.45) is 3.23. The number of nitrogens with zero attached hydrogens (tertiary/aromatic N) is 3. The van der Waals surface area contributed by atoms with Crippen LogP contribution in [0, 0.1) is 0 Å². The molecule has 1 rings (SSSR count). The molecular weight excluding hydrogens is 142 g/mol. The summed E-state index contributed by atoms with van der Waals surface area (Å²) in [4.78, 5) is 3.82. The summed E-state index contributed by atoms with van der Waals surface area (Å²) in [5, 5.41) is 7.11. The molecule has 1 aromatic rings. The zero-order valence-corrected chi connectivity index (χ0v) is 6.40. The zero-order valence-electron chi connectivity index (χ0n) is 6.40. The van der Waals surface area contributed by atoms with E-state index in [0.717, 1.165) is 19.6 Å². The van der Waals surface area contributed by atoms with Crippen molar-refractivity contribution in [1.82, 2.24) is 20.1 Å². The third-order valence-electron chi connectivity index (χ3n) is 1.31. The summed E-state index contributed by atoms with van der Waals surface area (Å²) in [7, 11) is 0. The zero-order chi connectivity index (χ0) is 7.94. The predicted octanol–water partition coefficient (Wildman–Crippen LogP) is -1.17. The summed E-state index contributed by atoms with van der Waals surface area (Å²) in [5.41, 5.74) is 5.29. The lowest BCUT2D eigenvalue weighted by Crippen LogP contribution is -2.26. The normalized spacial score (nSPS) is 10.3. The molecule has 1 heterocycles. The van der Waals surface area contributed by atoms with Gasteiger partial charge in [0.25, 0.3) is 0 Å². The van der Waals surface area contributed by atoms with Gasteiger partial charge in [0.15, 0.2) is 0 Å². The Kier molecular flexibility index (Phi) is 3.57. The van der Waals surface area contributed by atoms with Gasteiger partial charge in [-0.2, -0.15) is 5.10 Å². The fourth-order valence-electron chi connectivity index (χ4n) is 0.769. The molecule has 0 atom stereocenters. The Hall–Kier alpha value is -0.940. The fraction of sp³-hybridized carbons (Fsp3) is 0.667. The van der Waals surface area contributed by atoms with Crippen molar-refractivity contribution in [2.75, 3.05) is 19.6 Å². The van der Waals surface area contributed by atoms with Gasteiger partial charge < -0.3 is 11.1 Å². The Morgan fingerprint density at radius 2 is 2.36 bits per heavy atom. The molecule has 0 unspecified atom stereocenters. The molecule has 0 spiro atoms. The van der Waals surface area contributed by atoms with Gasteiger partial charge in [-0.15, -0.1) is 0 Å². The third kappa shape index (κ3) is 3.10. The van der Waals surface area contributed by atoms with Crippen molar-refractivity contribution in [3.05, 3.63) is 12.7 Å². The highest BCUT2D eigenvalue weighted by molar-refractivity contribution is 4.57. The van der Waals surface area contributed by atoms with Crippen molar-refractivity contribution in [1.29, 1.82) is 0 Å². The van der Waals surface area contributed by atoms with Gasteiger partial charge in [0.1, 0.15) is 12.7 Å². The van der Waals surface area contributed by atoms with Crippen molar-refractivity contribution in [3.63, 3.8) is 0 Å². The monoisotopic (exact) mass is 155 g/mol. The van der Waals surface area contributed by atoms with Gasteiger partial charge in [0, 0.05) is 19.6 Å². The maximum Gasteiger partial charge on any atom is 0.137 e. The van der Waals surface area contributed by atoms with E-state index in [1.807, 2.05) is 0 Å². The first-order valence-corrected chi connectivity index (χ1v) is 3.66. The molecule has 0 bridgehead atoms. The smallest absolute Gasteiger partial charge is 0.137 e. The van der Waals surface area contributed by atoms with E-state index in [1.54, 1.807) is 11.0 Å². The van der Waals surface area contributed by atoms with E-state index in [9.17, 15) is 0 Å². The van der Waals surface area contributed by atoms with Crippen LogP contribution in [0.2, 0.25) is 0 Å². The van der Waals surface area contributed by atoms with Crippen molar-refractivity contribution < 1.29 is 0 Å². The number of aromatic nitrogens is 3. The lowest BCUT2D eigenvalue weighted by atomic mass is 10.5. The molecular formula is C6H13N5. The highest BCUT2D eigenvalue weighted by Gasteiger charge is 1.88. The van der Waals surface area contributed by atoms with Crippen molar-refractivity contribution in [2.45, 2.75) is 6.54 Å². The molecule has 0 aliphatic heterocycles. The summed E-state index contributed by atoms with van der Waals surface area (Å²) < 4.78 is 1.78. The minimum atomic E-state index is 0.678. The van der Waals surface area contributed by atoms with Gasteiger partial charge in [-0.25, -0.2) is 4.98 Å². The van der Waals surface area contributed by atoms with Crippen molar-refractivity contribution in [2.24, 2.45) is 5.73 Å². The van der Waals surface area contributed by atoms with E-state index in [0.29, 0.717) is 6.54 Å². The highest BCUT2D eigenvalue weighted by Crippen LogP contribution is 1.76. The molecule has 3 N–H and O–H groups in total. The van der Waals surface area contributed by atoms with Crippen molar-refractivity contribution in [3.8, 4) is 0 Å². The SMILES string of the molecule is NCCNCCn1cncn1. The van der Waals surface area contributed by atoms with Crippen LogP contribution in [0.3, 0.4) is 0 Å². The van der Waals surface area contributed by atoms with E-state index in [2.05, 4.69) is 15.4 Å². The van der Waals surface area contributed by atoms with Crippen LogP contribution >= 0.6 is 0 Å². The molecule has 0 aliphatic carbocycles. The van der Waals surface area contributed by atoms with E-state index in [-0.39, 0.29) is 0 Å². The van der Waals surface area contributed by atoms with Crippen LogP contribution in [0.25, 0.3) is 0 Å². The first kappa shape index (κ1) is 8.16. The van der Waals surface area contributed by atoms with Crippen LogP contribution in [0.5, 0.6) is 0 Å². The summed E-state index contributed by atoms with van der Waals surface area (Å²) in [6, 6.07) is 0. The van der Waals surface area contributed by atoms with Crippen LogP contribution in [0.4, 0.5) is 0 Å². The average Bonchev–Trinajstić information content (AvgIpc) is 2.50. The van der Waals surface area contributed by atoms with E-state index in [4.69, 9.17) is 5.73 Å². The first-order chi connectivity index (χ1) is 5.43. The molecule has 1 aromatic heterocycles. The molecule has 0 aromatic carbocycles. The second-order valence-corrected chi connectivity index (χ2v) is 2.20. The minimum absolute atomic E-state index is 0.678. The van der Waals surface area contributed by atoms with E-state index >= 15 is 0 Å². The average molecular weight is 155 g/mol. The Bertz CT molecular complexity index is 171. The Balaban J connectivity index is 2.04. The molecule has 0 aliphatic rings. The standard InChI is InChI=1S/C6H13N5/c7-1-2-8-3-4-11-6-9-5-10-11/h5-6,8H,1-4,7H2. The number of rotatable bonds is 5. The molecule has 0 fully saturated rings. The van der Waals surface area contributed by atoms with Gasteiger partial charge in [0.2, 0.25) is 0 Å². The first-order valence-electron chi connectivity index (χ1n) is 3.66. The minimum Gasteiger partial charge on any atom is -0.329 e. The largest absolute Gasteiger partial charge is 0.329 e. The van der Waals surface area contributed by atoms with Crippen LogP contribution < -0.4 is 11.1 Å². The van der Waals surface area contributed by atoms with Gasteiger partial charge in [-0.3, -0.25) is 4.68 Å². The fourth-order valence-corrected chi connectivity index (χ4v) is 0.769. The summed E-state index contributed by atoms with van der Waals surface area (Å²) in [5.74, 6) is 0. The second-order valence-electron chi connectivity index (χ2n) is 2.20. The van der Waals surface area contributed by atoms with Crippen LogP contribution in [-0.2, 0) is 6.54 Å². The lowest BCUT2D eigenvalue weighted by molar-refractivity contribution is 0.558. The molecule has 5 heteroatoms. The number of nitrogens with two attached hydrogens (primary N) is 1. The maximum absolute atomic E-state index is 5.29. The quantitative estimate of drug-likeness (QED) is 0.525. The number of hydrogen-bond acceptors (Lipinski definition) is 4. The van der Waals surface area contributed by atoms with Crippen LogP contribution in [0.1, 0.15) is 0 Å². The van der Waals surface area contributed by atoms with Crippen molar-refractivity contribution >= 4 is 0 Å². The Morgan fingerprint density at radius 1 is 1.45 bits per heavy atom. The lowest BCUT2D eigenvalue weighted by Gasteiger charge is -2.01. The molecule has 0 amide bonds. The number of hydrogen-bond donors (Lipinski definition) is 2. The van der Waals surface area contributed by atoms with E-state index < -0.39 is 0 Å². The highest BCUT2D eigenvalue weighted by atomic mass is 15.3. The molecule has 0 radical (unpaired) electrons. The summed E-state index contributed by atoms with van der Waals surface area (Å²) >= 11 is 0. The predicted molar refractivity (Wildman–Crippen MR) is 41.9 cm³/mol. The maximum atomic E-state index is 5.29. The molecule has 5 nitrogen and oxygen atoms in total. The second kappa shape index (κ2) is 4.81. The molecule has 11 heavy (non-hydrogen) atoms. The topological polar surface area (TPSA) is 68.8 Å². The van der Waals surface area contributed by atoms with Gasteiger partial charge in [0.05, 0.1) is 6.54 Å². The Labute approximate surface area is 65.6 Å². The van der Waals surface area contributed by atoms with Crippen LogP contribution in [0.15, 0.2) is 12.7 Å². The Morgan fingerprint density at radius 3 is 3.00 bits per heavy atom. The van der Waals surface area contributed by atoms with Gasteiger partial charge in [-0.05, 0) is 0 Å². The molecule has 0 saturated heterocycles.